The number of allylic oxidation sites excluding steroid dienone is 4. The van der Waals surface area contributed by atoms with Crippen LogP contribution >= 0.6 is 0 Å². The third kappa shape index (κ3) is 3.69. The smallest absolute Gasteiger partial charge is 0.381 e. The first kappa shape index (κ1) is 22.1. The van der Waals surface area contributed by atoms with Gasteiger partial charge in [0, 0.05) is 63.0 Å². The van der Waals surface area contributed by atoms with Crippen LogP contribution in [0.1, 0.15) is 40.0 Å². The number of dihydropyridines is 1. The lowest BCUT2D eigenvalue weighted by Crippen LogP contribution is -2.75. The summed E-state index contributed by atoms with van der Waals surface area (Å²) in [7, 11) is -3.76. The third-order valence-electron chi connectivity index (χ3n) is 7.48. The molecule has 30 heavy (non-hydrogen) atoms. The molecule has 0 bridgehead atoms. The molecule has 4 rings (SSSR count). The summed E-state index contributed by atoms with van der Waals surface area (Å²) in [6.45, 7) is 10.1. The number of hydrogen-bond acceptors (Lipinski definition) is 5. The van der Waals surface area contributed by atoms with E-state index in [1.165, 1.54) is 11.2 Å². The van der Waals surface area contributed by atoms with Crippen molar-refractivity contribution in [3.63, 3.8) is 0 Å². The van der Waals surface area contributed by atoms with Gasteiger partial charge in [0.1, 0.15) is 5.70 Å². The number of likely N-dealkylation sites (tertiary alicyclic amines) is 1. The number of nitrogens with zero attached hydrogens (tertiary/aromatic N) is 2. The first-order chi connectivity index (χ1) is 13.9. The summed E-state index contributed by atoms with van der Waals surface area (Å²) in [6.07, 6.45) is -1.76. The second-order valence-corrected chi connectivity index (χ2v) is 11.6. The Balaban J connectivity index is 1.35. The van der Waals surface area contributed by atoms with E-state index in [1.54, 1.807) is 0 Å². The molecular weight excluding hydrogens is 419 g/mol. The van der Waals surface area contributed by atoms with Gasteiger partial charge in [-0.05, 0) is 32.1 Å². The van der Waals surface area contributed by atoms with Gasteiger partial charge in [0.15, 0.2) is 0 Å². The number of sulfonamides is 1. The van der Waals surface area contributed by atoms with Crippen molar-refractivity contribution in [2.45, 2.75) is 52.3 Å². The zero-order valence-corrected chi connectivity index (χ0v) is 18.5. The van der Waals surface area contributed by atoms with Gasteiger partial charge < -0.3 is 10.1 Å². The summed E-state index contributed by atoms with van der Waals surface area (Å²) in [4.78, 5) is 2.46. The Morgan fingerprint density at radius 3 is 2.30 bits per heavy atom. The summed E-state index contributed by atoms with van der Waals surface area (Å²) in [5.74, 6) is 0. The highest BCUT2D eigenvalue weighted by Gasteiger charge is 2.57. The van der Waals surface area contributed by atoms with Crippen LogP contribution in [0.3, 0.4) is 0 Å². The average Bonchev–Trinajstić information content (AvgIpc) is 2.58. The maximum Gasteiger partial charge on any atom is 0.430 e. The molecule has 0 amide bonds. The topological polar surface area (TPSA) is 61.9 Å². The van der Waals surface area contributed by atoms with E-state index in [0.29, 0.717) is 19.1 Å². The number of nitrogens with one attached hydrogen (secondary N) is 1. The Kier molecular flexibility index (Phi) is 5.32. The predicted molar refractivity (Wildman–Crippen MR) is 107 cm³/mol. The highest BCUT2D eigenvalue weighted by atomic mass is 32.2. The monoisotopic (exact) mass is 449 g/mol. The lowest BCUT2D eigenvalue weighted by atomic mass is 9.69. The molecule has 0 aromatic heterocycles. The molecule has 4 heterocycles. The first-order valence-corrected chi connectivity index (χ1v) is 11.9. The Hall–Kier alpha value is -1.10. The van der Waals surface area contributed by atoms with E-state index in [0.717, 1.165) is 45.2 Å². The van der Waals surface area contributed by atoms with Gasteiger partial charge in [0.25, 0.3) is 0 Å². The van der Waals surface area contributed by atoms with Crippen LogP contribution < -0.4 is 5.32 Å². The molecule has 10 heteroatoms. The second-order valence-electron chi connectivity index (χ2n) is 9.61. The molecule has 4 aliphatic heterocycles. The van der Waals surface area contributed by atoms with Gasteiger partial charge >= 0.3 is 6.18 Å². The lowest BCUT2D eigenvalue weighted by molar-refractivity contribution is -0.131. The van der Waals surface area contributed by atoms with Gasteiger partial charge in [-0.1, -0.05) is 13.0 Å². The van der Waals surface area contributed by atoms with E-state index in [1.807, 2.05) is 0 Å². The minimum absolute atomic E-state index is 0.0214. The number of hydrogen-bond donors (Lipinski definition) is 1. The lowest BCUT2D eigenvalue weighted by Gasteiger charge is -2.63. The fraction of sp³-hybridized carbons (Fsp3) is 0.800. The molecule has 0 aliphatic carbocycles. The van der Waals surface area contributed by atoms with Crippen molar-refractivity contribution >= 4 is 10.0 Å². The maximum absolute atomic E-state index is 13.0. The number of rotatable bonds is 4. The third-order valence-corrected chi connectivity index (χ3v) is 9.51. The molecular formula is C20H30F3N3O3S. The Morgan fingerprint density at radius 1 is 1.17 bits per heavy atom. The molecule has 1 atom stereocenters. The molecule has 6 nitrogen and oxygen atoms in total. The summed E-state index contributed by atoms with van der Waals surface area (Å²) in [6, 6.07) is 0.413. The molecule has 1 spiro atoms. The summed E-state index contributed by atoms with van der Waals surface area (Å²) in [5.41, 5.74) is -0.647. The van der Waals surface area contributed by atoms with E-state index < -0.39 is 21.9 Å². The normalized spacial score (nSPS) is 28.4. The predicted octanol–water partition coefficient (Wildman–Crippen LogP) is 2.81. The van der Waals surface area contributed by atoms with Crippen molar-refractivity contribution in [3.8, 4) is 0 Å². The van der Waals surface area contributed by atoms with E-state index in [2.05, 4.69) is 24.1 Å². The van der Waals surface area contributed by atoms with Crippen LogP contribution in [0.5, 0.6) is 0 Å². The standard InChI is InChI=1S/C20H30F3N3O3S/c1-14-16(4-5-17(24-14)20(21,22)23)30(27,28)26-12-19(13-26)10-25(11-19)15(2)18(3)6-8-29-9-7-18/h5,15,24H,4,6-13H2,1-3H3. The molecule has 0 saturated carbocycles. The number of alkyl halides is 3. The number of ether oxygens (including phenoxy) is 1. The maximum atomic E-state index is 13.0. The Morgan fingerprint density at radius 2 is 1.77 bits per heavy atom. The molecule has 0 aromatic carbocycles. The average molecular weight is 450 g/mol. The van der Waals surface area contributed by atoms with Crippen LogP contribution in [0.15, 0.2) is 22.4 Å². The fourth-order valence-corrected chi connectivity index (χ4v) is 7.10. The summed E-state index contributed by atoms with van der Waals surface area (Å²) < 4.78 is 71.4. The van der Waals surface area contributed by atoms with E-state index >= 15 is 0 Å². The minimum Gasteiger partial charge on any atom is -0.381 e. The Bertz CT molecular complexity index is 861. The van der Waals surface area contributed by atoms with Crippen molar-refractivity contribution in [3.05, 3.63) is 22.4 Å². The summed E-state index contributed by atoms with van der Waals surface area (Å²) in [5, 5.41) is 2.22. The highest BCUT2D eigenvalue weighted by Crippen LogP contribution is 2.47. The van der Waals surface area contributed by atoms with Gasteiger partial charge in [-0.2, -0.15) is 17.5 Å². The van der Waals surface area contributed by atoms with Gasteiger partial charge in [-0.15, -0.1) is 0 Å². The molecule has 4 aliphatic rings. The molecule has 0 radical (unpaired) electrons. The molecule has 170 valence electrons. The van der Waals surface area contributed by atoms with Crippen LogP contribution in [0.25, 0.3) is 0 Å². The number of halogens is 3. The van der Waals surface area contributed by atoms with Gasteiger partial charge in [0.05, 0.1) is 4.91 Å². The van der Waals surface area contributed by atoms with Crippen LogP contribution in [0.2, 0.25) is 0 Å². The van der Waals surface area contributed by atoms with Crippen LogP contribution in [-0.4, -0.2) is 69.2 Å². The Labute approximate surface area is 176 Å². The molecule has 3 saturated heterocycles. The largest absolute Gasteiger partial charge is 0.430 e. The zero-order chi connectivity index (χ0) is 21.9. The SMILES string of the molecule is CC1=C(S(=O)(=O)N2CC3(CN(C(C)C4(C)CCOCC4)C3)C2)CC=C(C(F)(F)F)N1. The molecule has 1 unspecified atom stereocenters. The summed E-state index contributed by atoms with van der Waals surface area (Å²) >= 11 is 0. The second kappa shape index (κ2) is 7.21. The quantitative estimate of drug-likeness (QED) is 0.715. The van der Waals surface area contributed by atoms with Gasteiger partial charge in [0.2, 0.25) is 10.0 Å². The van der Waals surface area contributed by atoms with E-state index in [9.17, 15) is 21.6 Å². The zero-order valence-electron chi connectivity index (χ0n) is 17.7. The molecule has 1 N–H and O–H groups in total. The van der Waals surface area contributed by atoms with Crippen molar-refractivity contribution in [2.24, 2.45) is 10.8 Å². The van der Waals surface area contributed by atoms with E-state index in [4.69, 9.17) is 4.74 Å². The van der Waals surface area contributed by atoms with E-state index in [-0.39, 0.29) is 27.9 Å². The van der Waals surface area contributed by atoms with Crippen molar-refractivity contribution in [1.82, 2.24) is 14.5 Å². The highest BCUT2D eigenvalue weighted by molar-refractivity contribution is 7.93. The van der Waals surface area contributed by atoms with Gasteiger partial charge in [-0.25, -0.2) is 8.42 Å². The van der Waals surface area contributed by atoms with Crippen LogP contribution in [0.4, 0.5) is 13.2 Å². The van der Waals surface area contributed by atoms with Gasteiger partial charge in [-0.3, -0.25) is 4.90 Å². The van der Waals surface area contributed by atoms with Crippen molar-refractivity contribution in [1.29, 1.82) is 0 Å². The molecule has 0 aromatic rings. The van der Waals surface area contributed by atoms with Crippen LogP contribution in [-0.2, 0) is 14.8 Å². The van der Waals surface area contributed by atoms with Crippen molar-refractivity contribution < 1.29 is 26.3 Å². The van der Waals surface area contributed by atoms with Crippen molar-refractivity contribution in [2.75, 3.05) is 39.4 Å². The van der Waals surface area contributed by atoms with Crippen LogP contribution in [0, 0.1) is 10.8 Å². The first-order valence-electron chi connectivity index (χ1n) is 10.4. The fourth-order valence-electron chi connectivity index (χ4n) is 5.17. The molecule has 3 fully saturated rings. The minimum atomic E-state index is -4.51.